The lowest BCUT2D eigenvalue weighted by molar-refractivity contribution is -0.101. The molecule has 1 saturated heterocycles. The number of para-hydroxylation sites is 1. The summed E-state index contributed by atoms with van der Waals surface area (Å²) >= 11 is 6.41. The topological polar surface area (TPSA) is 44.7 Å². The molecule has 20 heavy (non-hydrogen) atoms. The van der Waals surface area contributed by atoms with Crippen molar-refractivity contribution in [3.05, 3.63) is 28.8 Å². The smallest absolute Gasteiger partial charge is 0.0988 e. The summed E-state index contributed by atoms with van der Waals surface area (Å²) in [6, 6.07) is 5.95. The molecule has 0 amide bonds. The number of ether oxygens (including phenoxy) is 1. The fourth-order valence-corrected chi connectivity index (χ4v) is 3.12. The van der Waals surface area contributed by atoms with Gasteiger partial charge in [-0.25, -0.2) is 0 Å². The molecule has 2 rings (SSSR count). The van der Waals surface area contributed by atoms with E-state index in [-0.39, 0.29) is 18.3 Å². The van der Waals surface area contributed by atoms with Gasteiger partial charge in [0.15, 0.2) is 0 Å². The monoisotopic (exact) mass is 298 g/mol. The van der Waals surface area contributed by atoms with Crippen molar-refractivity contribution in [2.45, 2.75) is 32.1 Å². The van der Waals surface area contributed by atoms with E-state index in [1.807, 2.05) is 33.0 Å². The van der Waals surface area contributed by atoms with E-state index in [1.165, 1.54) is 0 Å². The van der Waals surface area contributed by atoms with Gasteiger partial charge >= 0.3 is 0 Å². The van der Waals surface area contributed by atoms with Gasteiger partial charge in [0.2, 0.25) is 0 Å². The maximum Gasteiger partial charge on any atom is 0.0988 e. The maximum absolute atomic E-state index is 9.43. The van der Waals surface area contributed by atoms with E-state index in [2.05, 4.69) is 16.3 Å². The van der Waals surface area contributed by atoms with E-state index in [9.17, 15) is 5.11 Å². The maximum atomic E-state index is 9.43. The largest absolute Gasteiger partial charge is 0.394 e. The van der Waals surface area contributed by atoms with Crippen LogP contribution >= 0.6 is 11.6 Å². The molecule has 4 nitrogen and oxygen atoms in total. The molecule has 0 spiro atoms. The zero-order valence-electron chi connectivity index (χ0n) is 12.3. The van der Waals surface area contributed by atoms with Crippen molar-refractivity contribution < 1.29 is 9.84 Å². The molecule has 0 radical (unpaired) electrons. The van der Waals surface area contributed by atoms with Crippen molar-refractivity contribution in [3.8, 4) is 0 Å². The predicted octanol–water partition coefficient (Wildman–Crippen LogP) is 2.04. The minimum absolute atomic E-state index is 0.0196. The number of nitrogens with zero attached hydrogens (tertiary/aromatic N) is 1. The lowest BCUT2D eigenvalue weighted by Crippen LogP contribution is -2.54. The molecule has 1 unspecified atom stereocenters. The molecule has 1 heterocycles. The van der Waals surface area contributed by atoms with Gasteiger partial charge in [-0.1, -0.05) is 23.7 Å². The molecular formula is C15H23ClN2O2. The number of morpholine rings is 1. The molecule has 1 aromatic rings. The summed E-state index contributed by atoms with van der Waals surface area (Å²) in [4.78, 5) is 2.22. The van der Waals surface area contributed by atoms with Crippen molar-refractivity contribution in [1.29, 1.82) is 0 Å². The number of anilines is 1. The zero-order valence-corrected chi connectivity index (χ0v) is 13.1. The number of hydrogen-bond donors (Lipinski definition) is 2. The molecule has 112 valence electrons. The first-order valence-electron chi connectivity index (χ1n) is 6.92. The number of aliphatic hydroxyl groups is 1. The van der Waals surface area contributed by atoms with Crippen molar-refractivity contribution in [2.75, 3.05) is 31.6 Å². The lowest BCUT2D eigenvalue weighted by atomic mass is 10.0. The van der Waals surface area contributed by atoms with Crippen LogP contribution in [0.3, 0.4) is 0 Å². The van der Waals surface area contributed by atoms with E-state index >= 15 is 0 Å². The molecular weight excluding hydrogens is 276 g/mol. The Morgan fingerprint density at radius 3 is 2.90 bits per heavy atom. The van der Waals surface area contributed by atoms with Gasteiger partial charge in [-0.2, -0.15) is 0 Å². The van der Waals surface area contributed by atoms with Crippen LogP contribution < -0.4 is 10.2 Å². The van der Waals surface area contributed by atoms with Gasteiger partial charge < -0.3 is 20.1 Å². The van der Waals surface area contributed by atoms with Crippen LogP contribution in [-0.4, -0.2) is 43.6 Å². The van der Waals surface area contributed by atoms with Crippen LogP contribution in [0, 0.1) is 0 Å². The Morgan fingerprint density at radius 2 is 2.25 bits per heavy atom. The Balaban J connectivity index is 2.34. The van der Waals surface area contributed by atoms with E-state index in [4.69, 9.17) is 16.3 Å². The second-order valence-electron chi connectivity index (χ2n) is 5.84. The average molecular weight is 299 g/mol. The van der Waals surface area contributed by atoms with Crippen LogP contribution in [0.25, 0.3) is 0 Å². The van der Waals surface area contributed by atoms with Crippen LogP contribution in [0.15, 0.2) is 18.2 Å². The molecule has 1 aliphatic rings. The third-order valence-electron chi connectivity index (χ3n) is 3.44. The summed E-state index contributed by atoms with van der Waals surface area (Å²) < 4.78 is 5.86. The number of benzene rings is 1. The summed E-state index contributed by atoms with van der Waals surface area (Å²) in [6.45, 7) is 6.26. The first-order chi connectivity index (χ1) is 9.46. The highest BCUT2D eigenvalue weighted by Gasteiger charge is 2.34. The molecule has 0 aromatic heterocycles. The molecule has 0 saturated carbocycles. The SMILES string of the molecule is CNCc1cccc(Cl)c1N1CC(CO)OC(C)(C)C1. The second-order valence-corrected chi connectivity index (χ2v) is 6.25. The molecule has 1 aliphatic heterocycles. The molecule has 5 heteroatoms. The summed E-state index contributed by atoms with van der Waals surface area (Å²) in [5, 5.41) is 13.3. The van der Waals surface area contributed by atoms with E-state index in [0.29, 0.717) is 6.54 Å². The van der Waals surface area contributed by atoms with Crippen LogP contribution in [0.4, 0.5) is 5.69 Å². The van der Waals surface area contributed by atoms with Gasteiger partial charge in [-0.3, -0.25) is 0 Å². The zero-order chi connectivity index (χ0) is 14.8. The number of halogens is 1. The number of nitrogens with one attached hydrogen (secondary N) is 1. The minimum atomic E-state index is -0.304. The fourth-order valence-electron chi connectivity index (χ4n) is 2.81. The minimum Gasteiger partial charge on any atom is -0.394 e. The first-order valence-corrected chi connectivity index (χ1v) is 7.30. The van der Waals surface area contributed by atoms with Crippen LogP contribution in [0.1, 0.15) is 19.4 Å². The number of aliphatic hydroxyl groups excluding tert-OH is 1. The Bertz CT molecular complexity index is 465. The summed E-state index contributed by atoms with van der Waals surface area (Å²) in [6.07, 6.45) is -0.183. The normalized spacial score (nSPS) is 22.1. The van der Waals surface area contributed by atoms with Crippen molar-refractivity contribution in [2.24, 2.45) is 0 Å². The molecule has 2 N–H and O–H groups in total. The van der Waals surface area contributed by atoms with Crippen molar-refractivity contribution in [3.63, 3.8) is 0 Å². The summed E-state index contributed by atoms with van der Waals surface area (Å²) in [5.74, 6) is 0. The van der Waals surface area contributed by atoms with Crippen LogP contribution in [0.5, 0.6) is 0 Å². The van der Waals surface area contributed by atoms with Gasteiger partial charge in [0.1, 0.15) is 0 Å². The van der Waals surface area contributed by atoms with Gasteiger partial charge in [-0.15, -0.1) is 0 Å². The molecule has 0 aliphatic carbocycles. The van der Waals surface area contributed by atoms with Crippen LogP contribution in [0.2, 0.25) is 5.02 Å². The number of rotatable bonds is 4. The Kier molecular flexibility index (Phi) is 4.91. The first kappa shape index (κ1) is 15.6. The van der Waals surface area contributed by atoms with Crippen molar-refractivity contribution >= 4 is 17.3 Å². The van der Waals surface area contributed by atoms with E-state index < -0.39 is 0 Å². The molecule has 0 bridgehead atoms. The third kappa shape index (κ3) is 3.44. The molecule has 1 fully saturated rings. The highest BCUT2D eigenvalue weighted by molar-refractivity contribution is 6.33. The predicted molar refractivity (Wildman–Crippen MR) is 82.5 cm³/mol. The average Bonchev–Trinajstić information content (AvgIpc) is 2.37. The van der Waals surface area contributed by atoms with Crippen molar-refractivity contribution in [1.82, 2.24) is 5.32 Å². The van der Waals surface area contributed by atoms with E-state index in [0.717, 1.165) is 29.4 Å². The Morgan fingerprint density at radius 1 is 1.50 bits per heavy atom. The fraction of sp³-hybridized carbons (Fsp3) is 0.600. The van der Waals surface area contributed by atoms with Gasteiger partial charge in [0.05, 0.1) is 29.0 Å². The van der Waals surface area contributed by atoms with E-state index in [1.54, 1.807) is 0 Å². The molecule has 1 atom stereocenters. The highest BCUT2D eigenvalue weighted by atomic mass is 35.5. The Labute approximate surface area is 125 Å². The number of hydrogen-bond acceptors (Lipinski definition) is 4. The summed E-state index contributed by atoms with van der Waals surface area (Å²) in [7, 11) is 1.92. The van der Waals surface area contributed by atoms with Crippen LogP contribution in [-0.2, 0) is 11.3 Å². The second kappa shape index (κ2) is 6.31. The highest BCUT2D eigenvalue weighted by Crippen LogP contribution is 2.34. The van der Waals surface area contributed by atoms with Gasteiger partial charge in [-0.05, 0) is 32.5 Å². The van der Waals surface area contributed by atoms with Gasteiger partial charge in [0.25, 0.3) is 0 Å². The standard InChI is InChI=1S/C15H23ClN2O2/c1-15(2)10-18(8-12(9-19)20-15)14-11(7-17-3)5-4-6-13(14)16/h4-6,12,17,19H,7-10H2,1-3H3. The third-order valence-corrected chi connectivity index (χ3v) is 3.74. The summed E-state index contributed by atoms with van der Waals surface area (Å²) in [5.41, 5.74) is 1.90. The Hall–Kier alpha value is -0.810. The lowest BCUT2D eigenvalue weighted by Gasteiger charge is -2.44. The quantitative estimate of drug-likeness (QED) is 0.893. The van der Waals surface area contributed by atoms with Gasteiger partial charge in [0, 0.05) is 19.6 Å². The molecule has 1 aromatic carbocycles.